The lowest BCUT2D eigenvalue weighted by molar-refractivity contribution is 0.0598. The van der Waals surface area contributed by atoms with Crippen molar-refractivity contribution >= 4 is 0 Å². The van der Waals surface area contributed by atoms with Gasteiger partial charge < -0.3 is 0 Å². The molecule has 1 saturated heterocycles. The number of hydrogen-bond acceptors (Lipinski definition) is 5. The van der Waals surface area contributed by atoms with Crippen LogP contribution in [0.2, 0.25) is 0 Å². The highest BCUT2D eigenvalue weighted by Gasteiger charge is 2.39. The molecule has 0 unspecified atom stereocenters. The molecule has 0 bridgehead atoms. The number of allylic oxidation sites excluding steroid dienone is 2. The Morgan fingerprint density at radius 3 is 2.33 bits per heavy atom. The molecule has 0 aromatic carbocycles. The minimum atomic E-state index is -0.289. The Morgan fingerprint density at radius 2 is 1.94 bits per heavy atom. The van der Waals surface area contributed by atoms with Crippen LogP contribution >= 0.6 is 0 Å². The molecule has 0 saturated carbocycles. The number of nitrogens with zero attached hydrogens (tertiary/aromatic N) is 5. The molecule has 5 nitrogen and oxygen atoms in total. The average molecular weight is 243 g/mol. The van der Waals surface area contributed by atoms with E-state index in [-0.39, 0.29) is 17.5 Å². The van der Waals surface area contributed by atoms with E-state index in [0.29, 0.717) is 12.1 Å². The quantitative estimate of drug-likeness (QED) is 0.706. The van der Waals surface area contributed by atoms with Gasteiger partial charge in [0.15, 0.2) is 0 Å². The fourth-order valence-corrected chi connectivity index (χ4v) is 2.50. The van der Waals surface area contributed by atoms with Crippen LogP contribution in [0.15, 0.2) is 11.3 Å². The summed E-state index contributed by atoms with van der Waals surface area (Å²) in [6.07, 6.45) is 2.55. The maximum Gasteiger partial charge on any atom is 0.150 e. The molecule has 18 heavy (non-hydrogen) atoms. The molecule has 0 spiro atoms. The molecular weight excluding hydrogens is 226 g/mol. The highest BCUT2D eigenvalue weighted by molar-refractivity contribution is 5.42. The van der Waals surface area contributed by atoms with Gasteiger partial charge in [-0.3, -0.25) is 5.01 Å². The summed E-state index contributed by atoms with van der Waals surface area (Å²) in [7, 11) is 3.65. The van der Waals surface area contributed by atoms with Crippen molar-refractivity contribution in [3.8, 4) is 18.2 Å². The smallest absolute Gasteiger partial charge is 0.150 e. The highest BCUT2D eigenvalue weighted by Crippen LogP contribution is 2.38. The zero-order valence-electron chi connectivity index (χ0n) is 11.0. The van der Waals surface area contributed by atoms with E-state index in [4.69, 9.17) is 10.5 Å². The van der Waals surface area contributed by atoms with Gasteiger partial charge >= 0.3 is 0 Å². The molecule has 1 aliphatic heterocycles. The van der Waals surface area contributed by atoms with Gasteiger partial charge in [-0.25, -0.2) is 5.01 Å². The van der Waals surface area contributed by atoms with Crippen LogP contribution < -0.4 is 0 Å². The molecule has 1 aliphatic rings. The Balaban J connectivity index is 3.29. The third-order valence-corrected chi connectivity index (χ3v) is 3.13. The number of hydrazine groups is 1. The predicted molar refractivity (Wildman–Crippen MR) is 66.2 cm³/mol. The van der Waals surface area contributed by atoms with Crippen molar-refractivity contribution in [3.63, 3.8) is 0 Å². The first kappa shape index (κ1) is 14.0. The fraction of sp³-hybridized carbons (Fsp3) is 0.615. The fourth-order valence-electron chi connectivity index (χ4n) is 2.50. The van der Waals surface area contributed by atoms with Crippen LogP contribution in [0.4, 0.5) is 0 Å². The van der Waals surface area contributed by atoms with Gasteiger partial charge in [-0.15, -0.1) is 0 Å². The molecule has 5 heteroatoms. The number of rotatable bonds is 3. The maximum atomic E-state index is 9.21. The summed E-state index contributed by atoms with van der Waals surface area (Å²) in [6, 6.07) is 5.86. The van der Waals surface area contributed by atoms with E-state index in [1.54, 1.807) is 10.0 Å². The lowest BCUT2D eigenvalue weighted by Crippen LogP contribution is -2.39. The second-order valence-electron chi connectivity index (χ2n) is 4.54. The molecule has 0 amide bonds. The van der Waals surface area contributed by atoms with Gasteiger partial charge in [0.2, 0.25) is 0 Å². The molecule has 0 aliphatic carbocycles. The van der Waals surface area contributed by atoms with Crippen molar-refractivity contribution in [1.82, 2.24) is 10.0 Å². The van der Waals surface area contributed by atoms with Crippen molar-refractivity contribution in [2.75, 3.05) is 14.1 Å². The van der Waals surface area contributed by atoms with E-state index < -0.39 is 0 Å². The van der Waals surface area contributed by atoms with Crippen LogP contribution in [0.3, 0.4) is 0 Å². The maximum absolute atomic E-state index is 9.21. The van der Waals surface area contributed by atoms with Crippen molar-refractivity contribution in [2.45, 2.75) is 32.2 Å². The number of hydrogen-bond donors (Lipinski definition) is 0. The normalized spacial score (nSPS) is 22.5. The Kier molecular flexibility index (Phi) is 4.72. The Labute approximate surface area is 108 Å². The largest absolute Gasteiger partial charge is 0.291 e. The van der Waals surface area contributed by atoms with Crippen molar-refractivity contribution < 1.29 is 0 Å². The second-order valence-corrected chi connectivity index (χ2v) is 4.54. The van der Waals surface area contributed by atoms with Gasteiger partial charge in [-0.2, -0.15) is 15.8 Å². The van der Waals surface area contributed by atoms with Crippen molar-refractivity contribution in [1.29, 1.82) is 15.8 Å². The van der Waals surface area contributed by atoms with Crippen LogP contribution in [0, 0.1) is 39.9 Å². The Morgan fingerprint density at radius 1 is 1.33 bits per heavy atom. The monoisotopic (exact) mass is 243 g/mol. The van der Waals surface area contributed by atoms with Gasteiger partial charge in [-0.05, 0) is 12.8 Å². The summed E-state index contributed by atoms with van der Waals surface area (Å²) in [5, 5.41) is 30.9. The zero-order valence-corrected chi connectivity index (χ0v) is 11.0. The predicted octanol–water partition coefficient (Wildman–Crippen LogP) is 1.78. The van der Waals surface area contributed by atoms with Gasteiger partial charge in [0.1, 0.15) is 23.8 Å². The van der Waals surface area contributed by atoms with Crippen LogP contribution in [0.25, 0.3) is 0 Å². The summed E-state index contributed by atoms with van der Waals surface area (Å²) in [4.78, 5) is 0. The van der Waals surface area contributed by atoms with E-state index in [9.17, 15) is 5.26 Å². The first-order valence-electron chi connectivity index (χ1n) is 6.01. The molecule has 1 heterocycles. The first-order chi connectivity index (χ1) is 8.60. The third-order valence-electron chi connectivity index (χ3n) is 3.13. The van der Waals surface area contributed by atoms with E-state index in [0.717, 1.165) is 12.8 Å². The summed E-state index contributed by atoms with van der Waals surface area (Å²) in [6.45, 7) is 2.07. The van der Waals surface area contributed by atoms with Crippen molar-refractivity contribution in [2.24, 2.45) is 5.92 Å². The lowest BCUT2D eigenvalue weighted by Gasteiger charge is -2.31. The first-order valence-corrected chi connectivity index (χ1v) is 6.01. The van der Waals surface area contributed by atoms with E-state index in [1.165, 1.54) is 0 Å². The molecule has 1 fully saturated rings. The van der Waals surface area contributed by atoms with Crippen LogP contribution in [0.5, 0.6) is 0 Å². The summed E-state index contributed by atoms with van der Waals surface area (Å²) >= 11 is 0. The summed E-state index contributed by atoms with van der Waals surface area (Å²) in [5.74, 6) is 0.122. The molecule has 94 valence electrons. The minimum Gasteiger partial charge on any atom is -0.291 e. The van der Waals surface area contributed by atoms with Crippen LogP contribution in [0.1, 0.15) is 26.2 Å². The topological polar surface area (TPSA) is 77.8 Å². The highest BCUT2D eigenvalue weighted by atomic mass is 15.6. The minimum absolute atomic E-state index is 0.122. The van der Waals surface area contributed by atoms with E-state index >= 15 is 0 Å². The average Bonchev–Trinajstić information content (AvgIpc) is 2.70. The molecule has 2 atom stereocenters. The van der Waals surface area contributed by atoms with E-state index in [2.05, 4.69) is 13.0 Å². The third kappa shape index (κ3) is 2.45. The Hall–Kier alpha value is -2.03. The van der Waals surface area contributed by atoms with Crippen molar-refractivity contribution in [3.05, 3.63) is 11.3 Å². The molecular formula is C13H17N5. The second kappa shape index (κ2) is 6.05. The number of nitriles is 3. The molecule has 0 radical (unpaired) electrons. The SMILES string of the molecule is CCC[C@@H]1C[C@H](C#N)N(N(C)C)C1=C(C#N)C#N. The zero-order chi connectivity index (χ0) is 13.7. The standard InChI is InChI=1S/C13H17N5/c1-4-5-10-6-12(9-16)18(17(2)3)13(10)11(7-14)8-15/h10,12H,4-6H2,1-3H3/t10-,12-/m1/s1. The van der Waals surface area contributed by atoms with Crippen LogP contribution in [-0.4, -0.2) is 30.2 Å². The Bertz CT molecular complexity index is 441. The van der Waals surface area contributed by atoms with Gasteiger partial charge in [0, 0.05) is 20.0 Å². The van der Waals surface area contributed by atoms with E-state index in [1.807, 2.05) is 26.2 Å². The van der Waals surface area contributed by atoms with Gasteiger partial charge in [0.25, 0.3) is 0 Å². The molecule has 0 aromatic rings. The van der Waals surface area contributed by atoms with Gasteiger partial charge in [0.05, 0.1) is 11.8 Å². The molecule has 1 rings (SSSR count). The molecule has 0 aromatic heterocycles. The van der Waals surface area contributed by atoms with Crippen LogP contribution in [-0.2, 0) is 0 Å². The lowest BCUT2D eigenvalue weighted by atomic mass is 9.95. The molecule has 0 N–H and O–H groups in total. The summed E-state index contributed by atoms with van der Waals surface area (Å²) < 4.78 is 0. The summed E-state index contributed by atoms with van der Waals surface area (Å²) in [5.41, 5.74) is 0.832. The van der Waals surface area contributed by atoms with Gasteiger partial charge in [-0.1, -0.05) is 13.3 Å².